The van der Waals surface area contributed by atoms with Crippen molar-refractivity contribution >= 4 is 0 Å². The Labute approximate surface area is 161 Å². The zero-order valence-electron chi connectivity index (χ0n) is 15.5. The summed E-state index contributed by atoms with van der Waals surface area (Å²) in [5.41, 5.74) is 0.294. The summed E-state index contributed by atoms with van der Waals surface area (Å²) >= 11 is 0. The van der Waals surface area contributed by atoms with Crippen LogP contribution in [0.25, 0.3) is 0 Å². The van der Waals surface area contributed by atoms with Gasteiger partial charge in [0.1, 0.15) is 12.4 Å². The Morgan fingerprint density at radius 1 is 1.18 bits per heavy atom. The minimum Gasteiger partial charge on any atom is -0.492 e. The van der Waals surface area contributed by atoms with Gasteiger partial charge in [0.25, 0.3) is 0 Å². The Hall–Kier alpha value is -2.35. The Morgan fingerprint density at radius 3 is 2.68 bits per heavy atom. The molecule has 0 radical (unpaired) electrons. The van der Waals surface area contributed by atoms with Crippen LogP contribution in [0.5, 0.6) is 11.8 Å². The number of piperidine rings is 1. The van der Waals surface area contributed by atoms with Crippen LogP contribution in [0.4, 0.5) is 13.2 Å². The largest absolute Gasteiger partial charge is 0.492 e. The Kier molecular flexibility index (Phi) is 5.14. The fourth-order valence-corrected chi connectivity index (χ4v) is 4.35. The second-order valence-corrected chi connectivity index (χ2v) is 7.38. The molecule has 28 heavy (non-hydrogen) atoms. The molecule has 2 aliphatic rings. The third-order valence-electron chi connectivity index (χ3n) is 5.70. The summed E-state index contributed by atoms with van der Waals surface area (Å²) in [6, 6.07) is 6.05. The number of methoxy groups -OCH3 is 1. The van der Waals surface area contributed by atoms with E-state index in [1.165, 1.54) is 13.2 Å². The van der Waals surface area contributed by atoms with Gasteiger partial charge in [-0.2, -0.15) is 13.2 Å². The molecule has 2 bridgehead atoms. The molecular formula is C20H22F3N3O2. The summed E-state index contributed by atoms with van der Waals surface area (Å²) in [5.74, 6) is 0.764. The zero-order chi connectivity index (χ0) is 19.7. The number of alkyl halides is 3. The highest BCUT2D eigenvalue weighted by Crippen LogP contribution is 2.43. The minimum absolute atomic E-state index is 0.176. The van der Waals surface area contributed by atoms with Crippen LogP contribution in [0, 0.1) is 5.92 Å². The van der Waals surface area contributed by atoms with Crippen LogP contribution in [0.2, 0.25) is 0 Å². The van der Waals surface area contributed by atoms with Gasteiger partial charge in [0, 0.05) is 36.6 Å². The van der Waals surface area contributed by atoms with E-state index < -0.39 is 11.7 Å². The predicted molar refractivity (Wildman–Crippen MR) is 96.0 cm³/mol. The SMILES string of the molecule is COc1ncc(CN2[C@@H]3CC[C@@H](C3)[C@H]2COc2cccc(C(F)(F)F)c2)cn1. The molecule has 0 unspecified atom stereocenters. The van der Waals surface area contributed by atoms with Crippen molar-refractivity contribution in [1.29, 1.82) is 0 Å². The van der Waals surface area contributed by atoms with Crippen LogP contribution in [0.1, 0.15) is 30.4 Å². The van der Waals surface area contributed by atoms with Gasteiger partial charge >= 0.3 is 12.2 Å². The maximum Gasteiger partial charge on any atom is 0.416 e. The quantitative estimate of drug-likeness (QED) is 0.744. The third-order valence-corrected chi connectivity index (χ3v) is 5.70. The van der Waals surface area contributed by atoms with Gasteiger partial charge in [-0.1, -0.05) is 6.07 Å². The minimum atomic E-state index is -4.37. The standard InChI is InChI=1S/C20H22F3N3O2/c1-27-19-24-9-13(10-25-19)11-26-16-6-5-14(7-16)18(26)12-28-17-4-2-3-15(8-17)20(21,22)23/h2-4,8-10,14,16,18H,5-7,11-12H2,1H3/t14-,16+,18+/m0/s1. The van der Waals surface area contributed by atoms with Crippen LogP contribution < -0.4 is 9.47 Å². The summed E-state index contributed by atoms with van der Waals surface area (Å²) in [6.45, 7) is 1.07. The highest BCUT2D eigenvalue weighted by atomic mass is 19.4. The van der Waals surface area contributed by atoms with E-state index in [0.717, 1.165) is 37.0 Å². The normalized spacial score (nSPS) is 24.5. The maximum absolute atomic E-state index is 12.9. The van der Waals surface area contributed by atoms with Gasteiger partial charge in [-0.3, -0.25) is 4.90 Å². The van der Waals surface area contributed by atoms with Crippen molar-refractivity contribution in [1.82, 2.24) is 14.9 Å². The van der Waals surface area contributed by atoms with E-state index in [1.807, 2.05) is 0 Å². The molecule has 150 valence electrons. The monoisotopic (exact) mass is 393 g/mol. The van der Waals surface area contributed by atoms with Gasteiger partial charge in [-0.05, 0) is 43.4 Å². The van der Waals surface area contributed by atoms with Crippen molar-refractivity contribution in [2.24, 2.45) is 5.92 Å². The molecule has 1 aliphatic carbocycles. The summed E-state index contributed by atoms with van der Waals surface area (Å²) in [4.78, 5) is 10.7. The highest BCUT2D eigenvalue weighted by molar-refractivity contribution is 5.30. The molecule has 5 nitrogen and oxygen atoms in total. The number of hydrogen-bond acceptors (Lipinski definition) is 5. The number of rotatable bonds is 6. The molecule has 1 saturated heterocycles. The molecule has 0 spiro atoms. The van der Waals surface area contributed by atoms with E-state index >= 15 is 0 Å². The topological polar surface area (TPSA) is 47.5 Å². The predicted octanol–water partition coefficient (Wildman–Crippen LogP) is 3.94. The van der Waals surface area contributed by atoms with Crippen molar-refractivity contribution in [2.45, 2.75) is 44.1 Å². The molecule has 0 N–H and O–H groups in total. The molecule has 8 heteroatoms. The number of fused-ring (bicyclic) bond motifs is 2. The van der Waals surface area contributed by atoms with Crippen molar-refractivity contribution < 1.29 is 22.6 Å². The van der Waals surface area contributed by atoms with Gasteiger partial charge in [0.2, 0.25) is 0 Å². The molecule has 0 amide bonds. The number of ether oxygens (including phenoxy) is 2. The lowest BCUT2D eigenvalue weighted by atomic mass is 9.99. The molecule has 2 heterocycles. The van der Waals surface area contributed by atoms with Crippen molar-refractivity contribution in [2.75, 3.05) is 13.7 Å². The van der Waals surface area contributed by atoms with Crippen molar-refractivity contribution in [3.05, 3.63) is 47.8 Å². The molecular weight excluding hydrogens is 371 g/mol. The first kappa shape index (κ1) is 19.0. The van der Waals surface area contributed by atoms with E-state index in [1.54, 1.807) is 18.5 Å². The molecule has 2 aromatic rings. The summed E-state index contributed by atoms with van der Waals surface area (Å²) in [7, 11) is 1.52. The lowest BCUT2D eigenvalue weighted by molar-refractivity contribution is -0.137. The van der Waals surface area contributed by atoms with Crippen molar-refractivity contribution in [3.63, 3.8) is 0 Å². The van der Waals surface area contributed by atoms with Gasteiger partial charge in [-0.25, -0.2) is 9.97 Å². The van der Waals surface area contributed by atoms with E-state index in [9.17, 15) is 13.2 Å². The first-order valence-corrected chi connectivity index (χ1v) is 9.35. The average molecular weight is 393 g/mol. The van der Waals surface area contributed by atoms with Crippen LogP contribution in [-0.2, 0) is 12.7 Å². The number of benzene rings is 1. The van der Waals surface area contributed by atoms with E-state index in [4.69, 9.17) is 9.47 Å². The number of likely N-dealkylation sites (tertiary alicyclic amines) is 1. The smallest absolute Gasteiger partial charge is 0.416 e. The van der Waals surface area contributed by atoms with Crippen molar-refractivity contribution in [3.8, 4) is 11.8 Å². The van der Waals surface area contributed by atoms with Gasteiger partial charge in [-0.15, -0.1) is 0 Å². The third kappa shape index (κ3) is 3.92. The lowest BCUT2D eigenvalue weighted by Crippen LogP contribution is -2.43. The molecule has 1 aromatic heterocycles. The van der Waals surface area contributed by atoms with Crippen LogP contribution >= 0.6 is 0 Å². The molecule has 3 atom stereocenters. The van der Waals surface area contributed by atoms with Gasteiger partial charge < -0.3 is 9.47 Å². The Bertz CT molecular complexity index is 813. The Morgan fingerprint density at radius 2 is 1.96 bits per heavy atom. The molecule has 4 rings (SSSR count). The Balaban J connectivity index is 1.44. The number of aromatic nitrogens is 2. The summed E-state index contributed by atoms with van der Waals surface area (Å²) in [5, 5.41) is 0. The van der Waals surface area contributed by atoms with E-state index in [0.29, 0.717) is 31.1 Å². The number of nitrogens with zero attached hydrogens (tertiary/aromatic N) is 3. The first-order valence-electron chi connectivity index (χ1n) is 9.35. The fraction of sp³-hybridized carbons (Fsp3) is 0.500. The number of halogens is 3. The maximum atomic E-state index is 12.9. The van der Waals surface area contributed by atoms with Gasteiger partial charge in [0.05, 0.1) is 12.7 Å². The average Bonchev–Trinajstić information content (AvgIpc) is 3.28. The highest BCUT2D eigenvalue weighted by Gasteiger charge is 2.46. The number of hydrogen-bond donors (Lipinski definition) is 0. The van der Waals surface area contributed by atoms with E-state index in [2.05, 4.69) is 14.9 Å². The first-order chi connectivity index (χ1) is 13.4. The van der Waals surface area contributed by atoms with Crippen LogP contribution in [0.3, 0.4) is 0 Å². The fourth-order valence-electron chi connectivity index (χ4n) is 4.35. The molecule has 1 aromatic carbocycles. The summed E-state index contributed by atoms with van der Waals surface area (Å²) in [6.07, 6.45) is 2.52. The molecule has 1 saturated carbocycles. The van der Waals surface area contributed by atoms with Crippen LogP contribution in [-0.4, -0.2) is 40.7 Å². The van der Waals surface area contributed by atoms with E-state index in [-0.39, 0.29) is 11.8 Å². The van der Waals surface area contributed by atoms with Gasteiger partial charge in [0.15, 0.2) is 0 Å². The zero-order valence-corrected chi connectivity index (χ0v) is 15.5. The second kappa shape index (κ2) is 7.58. The molecule has 2 fully saturated rings. The second-order valence-electron chi connectivity index (χ2n) is 7.38. The van der Waals surface area contributed by atoms with Crippen LogP contribution in [0.15, 0.2) is 36.7 Å². The molecule has 1 aliphatic heterocycles. The summed E-state index contributed by atoms with van der Waals surface area (Å²) < 4.78 is 49.5. The lowest BCUT2D eigenvalue weighted by Gasteiger charge is -2.35.